The average Bonchev–Trinajstić information content (AvgIpc) is 3.68. The number of likely N-dealkylation sites (tertiary alicyclic amines) is 1. The summed E-state index contributed by atoms with van der Waals surface area (Å²) in [6.45, 7) is 1.87. The predicted octanol–water partition coefficient (Wildman–Crippen LogP) is 3.85. The minimum atomic E-state index is -4.36. The molecule has 34 heavy (non-hydrogen) atoms. The second-order valence-corrected chi connectivity index (χ2v) is 9.77. The van der Waals surface area contributed by atoms with E-state index in [4.69, 9.17) is 0 Å². The fraction of sp³-hybridized carbons (Fsp3) is 0.560. The fourth-order valence-corrected chi connectivity index (χ4v) is 5.45. The molecule has 2 aliphatic heterocycles. The largest absolute Gasteiger partial charge is 0.393 e. The minimum Gasteiger partial charge on any atom is -0.368 e. The Kier molecular flexibility index (Phi) is 6.11. The van der Waals surface area contributed by atoms with E-state index in [2.05, 4.69) is 21.3 Å². The first-order chi connectivity index (χ1) is 16.3. The second-order valence-electron chi connectivity index (χ2n) is 9.77. The van der Waals surface area contributed by atoms with E-state index in [1.54, 1.807) is 35.4 Å². The molecular formula is C25H28F3N5O. The zero-order chi connectivity index (χ0) is 23.9. The molecule has 3 aliphatic rings. The number of piperidine rings is 2. The molecule has 180 valence electrons. The van der Waals surface area contributed by atoms with Crippen molar-refractivity contribution in [1.82, 2.24) is 15.2 Å². The fourth-order valence-electron chi connectivity index (χ4n) is 5.45. The molecule has 2 saturated heterocycles. The van der Waals surface area contributed by atoms with Gasteiger partial charge in [0, 0.05) is 48.4 Å². The Morgan fingerprint density at radius 1 is 1.12 bits per heavy atom. The van der Waals surface area contributed by atoms with Crippen molar-refractivity contribution < 1.29 is 18.0 Å². The van der Waals surface area contributed by atoms with E-state index < -0.39 is 18.1 Å². The molecule has 1 saturated carbocycles. The van der Waals surface area contributed by atoms with Gasteiger partial charge in [-0.3, -0.25) is 9.78 Å². The van der Waals surface area contributed by atoms with E-state index in [-0.39, 0.29) is 31.3 Å². The lowest BCUT2D eigenvalue weighted by Gasteiger charge is -2.41. The number of amides is 1. The maximum Gasteiger partial charge on any atom is 0.393 e. The Hall–Kier alpha value is -2.86. The molecule has 2 aromatic rings. The van der Waals surface area contributed by atoms with Gasteiger partial charge in [-0.15, -0.1) is 0 Å². The standard InChI is InChI=1S/C25H28F3N5O/c26-25(27,28)18-12-19(31-24(34)16-7-10-32(11-8-16)20-4-5-20)15-33(14-18)22-6-3-17(13-29)23-21(22)2-1-9-30-23/h1-3,6,9,16,18-20H,4-5,7-8,10-12,14-15H2,(H,31,34)/t18?,19-/m1/s1. The Balaban J connectivity index is 1.35. The number of nitrogens with zero attached hydrogens (tertiary/aromatic N) is 4. The molecule has 1 amide bonds. The van der Waals surface area contributed by atoms with Gasteiger partial charge in [0.05, 0.1) is 17.0 Å². The molecule has 1 aliphatic carbocycles. The van der Waals surface area contributed by atoms with E-state index in [1.165, 1.54) is 12.8 Å². The van der Waals surface area contributed by atoms with Crippen molar-refractivity contribution in [1.29, 1.82) is 5.26 Å². The van der Waals surface area contributed by atoms with Crippen LogP contribution in [0, 0.1) is 23.2 Å². The normalized spacial score (nSPS) is 24.7. The molecule has 1 aromatic carbocycles. The number of hydrogen-bond donors (Lipinski definition) is 1. The molecule has 5 rings (SSSR count). The summed E-state index contributed by atoms with van der Waals surface area (Å²) in [6.07, 6.45) is 1.05. The van der Waals surface area contributed by atoms with E-state index >= 15 is 0 Å². The molecule has 1 N–H and O–H groups in total. The van der Waals surface area contributed by atoms with Gasteiger partial charge in [-0.05, 0) is 69.5 Å². The Bertz CT molecular complexity index is 1100. The van der Waals surface area contributed by atoms with Crippen LogP contribution >= 0.6 is 0 Å². The number of hydrogen-bond acceptors (Lipinski definition) is 5. The van der Waals surface area contributed by atoms with Crippen LogP contribution in [0.25, 0.3) is 10.9 Å². The van der Waals surface area contributed by atoms with Crippen molar-refractivity contribution in [3.8, 4) is 6.07 Å². The first-order valence-electron chi connectivity index (χ1n) is 12.0. The lowest BCUT2D eigenvalue weighted by atomic mass is 9.90. The lowest BCUT2D eigenvalue weighted by Crippen LogP contribution is -2.55. The Morgan fingerprint density at radius 3 is 2.56 bits per heavy atom. The number of nitrogens with one attached hydrogen (secondary N) is 1. The SMILES string of the molecule is N#Cc1ccc(N2CC(C(F)(F)F)C[C@@H](NC(=O)C3CCN(C4CC4)CC3)C2)c2cccnc12. The summed E-state index contributed by atoms with van der Waals surface area (Å²) in [5.74, 6) is -1.82. The maximum atomic E-state index is 13.9. The summed E-state index contributed by atoms with van der Waals surface area (Å²) in [6, 6.07) is 8.94. The number of nitriles is 1. The minimum absolute atomic E-state index is 0.126. The summed E-state index contributed by atoms with van der Waals surface area (Å²) in [4.78, 5) is 21.4. The molecule has 2 atom stereocenters. The van der Waals surface area contributed by atoms with Gasteiger partial charge < -0.3 is 15.1 Å². The van der Waals surface area contributed by atoms with Crippen molar-refractivity contribution in [2.75, 3.05) is 31.1 Å². The highest BCUT2D eigenvalue weighted by atomic mass is 19.4. The van der Waals surface area contributed by atoms with Crippen molar-refractivity contribution in [3.05, 3.63) is 36.0 Å². The number of pyridine rings is 1. The number of halogens is 3. The number of anilines is 1. The molecule has 3 fully saturated rings. The van der Waals surface area contributed by atoms with Crippen molar-refractivity contribution >= 4 is 22.5 Å². The third-order valence-electron chi connectivity index (χ3n) is 7.43. The van der Waals surface area contributed by atoms with Crippen LogP contribution in [0.4, 0.5) is 18.9 Å². The monoisotopic (exact) mass is 471 g/mol. The number of fused-ring (bicyclic) bond motifs is 1. The van der Waals surface area contributed by atoms with Crippen LogP contribution in [-0.2, 0) is 4.79 Å². The van der Waals surface area contributed by atoms with Crippen LogP contribution in [-0.4, -0.2) is 60.2 Å². The summed E-state index contributed by atoms with van der Waals surface area (Å²) in [5, 5.41) is 13.0. The molecule has 9 heteroatoms. The molecule has 1 aromatic heterocycles. The van der Waals surface area contributed by atoms with Crippen LogP contribution in [0.1, 0.15) is 37.7 Å². The van der Waals surface area contributed by atoms with Crippen LogP contribution in [0.3, 0.4) is 0 Å². The number of benzene rings is 1. The quantitative estimate of drug-likeness (QED) is 0.733. The van der Waals surface area contributed by atoms with Crippen LogP contribution in [0.5, 0.6) is 0 Å². The predicted molar refractivity (Wildman–Crippen MR) is 122 cm³/mol. The van der Waals surface area contributed by atoms with Gasteiger partial charge in [0.15, 0.2) is 0 Å². The molecule has 3 heterocycles. The van der Waals surface area contributed by atoms with Crippen LogP contribution in [0.15, 0.2) is 30.5 Å². The topological polar surface area (TPSA) is 72.3 Å². The zero-order valence-corrected chi connectivity index (χ0v) is 18.9. The first-order valence-corrected chi connectivity index (χ1v) is 12.0. The van der Waals surface area contributed by atoms with Gasteiger partial charge in [-0.2, -0.15) is 18.4 Å². The molecule has 0 radical (unpaired) electrons. The third-order valence-corrected chi connectivity index (χ3v) is 7.43. The average molecular weight is 472 g/mol. The van der Waals surface area contributed by atoms with E-state index in [1.807, 2.05) is 0 Å². The number of rotatable bonds is 4. The zero-order valence-electron chi connectivity index (χ0n) is 18.9. The molecule has 6 nitrogen and oxygen atoms in total. The molecule has 1 unspecified atom stereocenters. The molecule has 0 bridgehead atoms. The van der Waals surface area contributed by atoms with Gasteiger partial charge in [-0.25, -0.2) is 0 Å². The summed E-state index contributed by atoms with van der Waals surface area (Å²) < 4.78 is 41.6. The van der Waals surface area contributed by atoms with Crippen molar-refractivity contribution in [2.45, 2.75) is 50.4 Å². The van der Waals surface area contributed by atoms with E-state index in [0.29, 0.717) is 28.2 Å². The maximum absolute atomic E-state index is 13.9. The van der Waals surface area contributed by atoms with Crippen molar-refractivity contribution in [3.63, 3.8) is 0 Å². The van der Waals surface area contributed by atoms with Gasteiger partial charge in [-0.1, -0.05) is 0 Å². The Labute approximate surface area is 196 Å². The van der Waals surface area contributed by atoms with E-state index in [9.17, 15) is 23.2 Å². The smallest absolute Gasteiger partial charge is 0.368 e. The summed E-state index contributed by atoms with van der Waals surface area (Å²) in [7, 11) is 0. The molecule has 0 spiro atoms. The third kappa shape index (κ3) is 4.69. The van der Waals surface area contributed by atoms with Crippen LogP contribution < -0.4 is 10.2 Å². The Morgan fingerprint density at radius 2 is 1.88 bits per heavy atom. The molecular weight excluding hydrogens is 443 g/mol. The summed E-state index contributed by atoms with van der Waals surface area (Å²) >= 11 is 0. The second kappa shape index (κ2) is 9.06. The highest BCUT2D eigenvalue weighted by molar-refractivity contribution is 5.95. The van der Waals surface area contributed by atoms with Gasteiger partial charge in [0.2, 0.25) is 5.91 Å². The summed E-state index contributed by atoms with van der Waals surface area (Å²) in [5.41, 5.74) is 1.46. The van der Waals surface area contributed by atoms with Gasteiger partial charge in [0.25, 0.3) is 0 Å². The van der Waals surface area contributed by atoms with Gasteiger partial charge >= 0.3 is 6.18 Å². The number of aromatic nitrogens is 1. The number of carbonyl (C=O) groups excluding carboxylic acids is 1. The highest BCUT2D eigenvalue weighted by Gasteiger charge is 2.45. The number of carbonyl (C=O) groups is 1. The van der Waals surface area contributed by atoms with Crippen LogP contribution in [0.2, 0.25) is 0 Å². The number of alkyl halides is 3. The van der Waals surface area contributed by atoms with Gasteiger partial charge in [0.1, 0.15) is 6.07 Å². The van der Waals surface area contributed by atoms with Crippen molar-refractivity contribution in [2.24, 2.45) is 11.8 Å². The highest BCUT2D eigenvalue weighted by Crippen LogP contribution is 2.38. The lowest BCUT2D eigenvalue weighted by molar-refractivity contribution is -0.178. The van der Waals surface area contributed by atoms with E-state index in [0.717, 1.165) is 25.9 Å². The first kappa shape index (κ1) is 22.9.